The topological polar surface area (TPSA) is 56.0 Å². The molecule has 0 spiro atoms. The summed E-state index contributed by atoms with van der Waals surface area (Å²) in [7, 11) is 0. The Morgan fingerprint density at radius 1 is 1.47 bits per heavy atom. The van der Waals surface area contributed by atoms with Gasteiger partial charge in [0, 0.05) is 11.4 Å². The summed E-state index contributed by atoms with van der Waals surface area (Å²) < 4.78 is 0. The molecule has 2 rings (SSSR count). The van der Waals surface area contributed by atoms with Crippen LogP contribution in [0.4, 0.5) is 5.69 Å². The van der Waals surface area contributed by atoms with Crippen LogP contribution in [-0.4, -0.2) is 24.0 Å². The molecule has 0 aliphatic heterocycles. The van der Waals surface area contributed by atoms with Crippen molar-refractivity contribution in [3.8, 4) is 6.07 Å². The third kappa shape index (κ3) is 3.65. The SMILES string of the molecule is CSc1cccc(NCC2CCCC(O)C2)c1C#N. The Balaban J connectivity index is 2.01. The summed E-state index contributed by atoms with van der Waals surface area (Å²) in [6.07, 6.45) is 5.90. The minimum Gasteiger partial charge on any atom is -0.393 e. The lowest BCUT2D eigenvalue weighted by molar-refractivity contribution is 0.105. The van der Waals surface area contributed by atoms with Crippen molar-refractivity contribution in [3.63, 3.8) is 0 Å². The molecule has 2 atom stereocenters. The lowest BCUT2D eigenvalue weighted by Crippen LogP contribution is -2.25. The zero-order valence-electron chi connectivity index (χ0n) is 11.2. The van der Waals surface area contributed by atoms with Crippen LogP contribution in [0.3, 0.4) is 0 Å². The second-order valence-corrected chi connectivity index (χ2v) is 5.91. The van der Waals surface area contributed by atoms with Gasteiger partial charge in [-0.05, 0) is 43.6 Å². The zero-order valence-corrected chi connectivity index (χ0v) is 12.0. The molecule has 0 saturated heterocycles. The molecule has 1 aromatic carbocycles. The Morgan fingerprint density at radius 3 is 3.00 bits per heavy atom. The van der Waals surface area contributed by atoms with E-state index in [9.17, 15) is 10.4 Å². The molecule has 0 heterocycles. The molecule has 4 heteroatoms. The number of nitrogens with zero attached hydrogens (tertiary/aromatic N) is 1. The maximum Gasteiger partial charge on any atom is 0.102 e. The van der Waals surface area contributed by atoms with E-state index < -0.39 is 0 Å². The molecule has 1 saturated carbocycles. The predicted molar refractivity (Wildman–Crippen MR) is 79.4 cm³/mol. The maximum absolute atomic E-state index is 9.68. The molecule has 1 aliphatic carbocycles. The van der Waals surface area contributed by atoms with E-state index in [1.54, 1.807) is 11.8 Å². The number of thioether (sulfide) groups is 1. The highest BCUT2D eigenvalue weighted by molar-refractivity contribution is 7.98. The molecule has 0 amide bonds. The minimum absolute atomic E-state index is 0.145. The van der Waals surface area contributed by atoms with Gasteiger partial charge in [0.15, 0.2) is 0 Å². The fraction of sp³-hybridized carbons (Fsp3) is 0.533. The molecule has 2 unspecified atom stereocenters. The van der Waals surface area contributed by atoms with Gasteiger partial charge in [0.1, 0.15) is 6.07 Å². The number of anilines is 1. The van der Waals surface area contributed by atoms with Gasteiger partial charge in [-0.25, -0.2) is 0 Å². The van der Waals surface area contributed by atoms with Crippen LogP contribution in [0, 0.1) is 17.2 Å². The van der Waals surface area contributed by atoms with Crippen molar-refractivity contribution in [2.45, 2.75) is 36.7 Å². The molecule has 1 fully saturated rings. The second-order valence-electron chi connectivity index (χ2n) is 5.06. The molecule has 0 aromatic heterocycles. The standard InChI is InChI=1S/C15H20N2OS/c1-19-15-7-3-6-14(13(15)9-16)17-10-11-4-2-5-12(18)8-11/h3,6-7,11-12,17-18H,2,4-5,8,10H2,1H3. The Bertz CT molecular complexity index is 470. The van der Waals surface area contributed by atoms with E-state index in [4.69, 9.17) is 0 Å². The van der Waals surface area contributed by atoms with Gasteiger partial charge in [0.2, 0.25) is 0 Å². The summed E-state index contributed by atoms with van der Waals surface area (Å²) >= 11 is 1.59. The van der Waals surface area contributed by atoms with Gasteiger partial charge in [0.25, 0.3) is 0 Å². The average Bonchev–Trinajstić information content (AvgIpc) is 2.44. The summed E-state index contributed by atoms with van der Waals surface area (Å²) in [5.74, 6) is 0.508. The zero-order chi connectivity index (χ0) is 13.7. The van der Waals surface area contributed by atoms with Gasteiger partial charge in [-0.15, -0.1) is 11.8 Å². The highest BCUT2D eigenvalue weighted by Gasteiger charge is 2.20. The molecule has 0 bridgehead atoms. The van der Waals surface area contributed by atoms with E-state index in [2.05, 4.69) is 11.4 Å². The Morgan fingerprint density at radius 2 is 2.32 bits per heavy atom. The highest BCUT2D eigenvalue weighted by atomic mass is 32.2. The first-order valence-corrected chi connectivity index (χ1v) is 7.96. The molecule has 0 radical (unpaired) electrons. The monoisotopic (exact) mass is 276 g/mol. The van der Waals surface area contributed by atoms with Crippen molar-refractivity contribution in [2.75, 3.05) is 18.1 Å². The van der Waals surface area contributed by atoms with Crippen molar-refractivity contribution in [3.05, 3.63) is 23.8 Å². The van der Waals surface area contributed by atoms with Crippen molar-refractivity contribution < 1.29 is 5.11 Å². The first kappa shape index (κ1) is 14.2. The summed E-state index contributed by atoms with van der Waals surface area (Å²) in [5.41, 5.74) is 1.64. The summed E-state index contributed by atoms with van der Waals surface area (Å²) in [6.45, 7) is 0.837. The highest BCUT2D eigenvalue weighted by Crippen LogP contribution is 2.28. The van der Waals surface area contributed by atoms with Gasteiger partial charge < -0.3 is 10.4 Å². The van der Waals surface area contributed by atoms with Crippen LogP contribution in [0.5, 0.6) is 0 Å². The maximum atomic E-state index is 9.68. The van der Waals surface area contributed by atoms with Crippen molar-refractivity contribution in [1.82, 2.24) is 0 Å². The lowest BCUT2D eigenvalue weighted by atomic mass is 9.87. The second kappa shape index (κ2) is 6.83. The van der Waals surface area contributed by atoms with Crippen molar-refractivity contribution in [2.24, 2.45) is 5.92 Å². The molecule has 19 heavy (non-hydrogen) atoms. The van der Waals surface area contributed by atoms with E-state index in [1.807, 2.05) is 24.5 Å². The van der Waals surface area contributed by atoms with Crippen LogP contribution in [0.15, 0.2) is 23.1 Å². The van der Waals surface area contributed by atoms with E-state index >= 15 is 0 Å². The smallest absolute Gasteiger partial charge is 0.102 e. The van der Waals surface area contributed by atoms with Gasteiger partial charge in [-0.1, -0.05) is 12.5 Å². The van der Waals surface area contributed by atoms with Crippen LogP contribution in [0.2, 0.25) is 0 Å². The molecule has 102 valence electrons. The summed E-state index contributed by atoms with van der Waals surface area (Å²) in [4.78, 5) is 1.01. The van der Waals surface area contributed by atoms with Gasteiger partial charge in [-0.3, -0.25) is 0 Å². The average molecular weight is 276 g/mol. The van der Waals surface area contributed by atoms with Gasteiger partial charge >= 0.3 is 0 Å². The van der Waals surface area contributed by atoms with Crippen molar-refractivity contribution in [1.29, 1.82) is 5.26 Å². The fourth-order valence-corrected chi connectivity index (χ4v) is 3.24. The van der Waals surface area contributed by atoms with Crippen LogP contribution in [0.25, 0.3) is 0 Å². The van der Waals surface area contributed by atoms with Crippen LogP contribution < -0.4 is 5.32 Å². The van der Waals surface area contributed by atoms with Crippen LogP contribution >= 0.6 is 11.8 Å². The number of nitriles is 1. The Hall–Kier alpha value is -1.18. The van der Waals surface area contributed by atoms with Gasteiger partial charge in [-0.2, -0.15) is 5.26 Å². The molecule has 1 aromatic rings. The van der Waals surface area contributed by atoms with Crippen molar-refractivity contribution >= 4 is 17.4 Å². The van der Waals surface area contributed by atoms with Crippen LogP contribution in [0.1, 0.15) is 31.2 Å². The molecular formula is C15H20N2OS. The molecule has 1 aliphatic rings. The largest absolute Gasteiger partial charge is 0.393 e. The number of aliphatic hydroxyl groups is 1. The first-order chi connectivity index (χ1) is 9.24. The third-order valence-corrected chi connectivity index (χ3v) is 4.47. The number of hydrogen-bond donors (Lipinski definition) is 2. The quantitative estimate of drug-likeness (QED) is 0.829. The van der Waals surface area contributed by atoms with Gasteiger partial charge in [0.05, 0.1) is 17.4 Å². The normalized spacial score (nSPS) is 22.8. The lowest BCUT2D eigenvalue weighted by Gasteiger charge is -2.26. The van der Waals surface area contributed by atoms with E-state index in [-0.39, 0.29) is 6.10 Å². The van der Waals surface area contributed by atoms with Crippen LogP contribution in [-0.2, 0) is 0 Å². The predicted octanol–water partition coefficient (Wildman–Crippen LogP) is 3.24. The number of aliphatic hydroxyl groups excluding tert-OH is 1. The van der Waals surface area contributed by atoms with E-state index in [0.29, 0.717) is 5.92 Å². The number of hydrogen-bond acceptors (Lipinski definition) is 4. The summed E-state index contributed by atoms with van der Waals surface area (Å²) in [6, 6.07) is 8.18. The minimum atomic E-state index is -0.145. The number of nitrogens with one attached hydrogen (secondary N) is 1. The van der Waals surface area contributed by atoms with E-state index in [1.165, 1.54) is 0 Å². The Labute approximate surface area is 119 Å². The summed E-state index contributed by atoms with van der Waals surface area (Å²) in [5, 5.41) is 22.3. The number of benzene rings is 1. The molecular weight excluding hydrogens is 256 g/mol. The molecule has 2 N–H and O–H groups in total. The fourth-order valence-electron chi connectivity index (χ4n) is 2.67. The Kier molecular flexibility index (Phi) is 5.12. The first-order valence-electron chi connectivity index (χ1n) is 6.73. The van der Waals surface area contributed by atoms with E-state index in [0.717, 1.165) is 48.4 Å². The third-order valence-electron chi connectivity index (χ3n) is 3.69. The number of rotatable bonds is 4. The molecule has 3 nitrogen and oxygen atoms in total.